The van der Waals surface area contributed by atoms with Crippen molar-refractivity contribution in [2.75, 3.05) is 46.1 Å². The van der Waals surface area contributed by atoms with Gasteiger partial charge in [-0.25, -0.2) is 0 Å². The van der Waals surface area contributed by atoms with Gasteiger partial charge in [0.25, 0.3) is 0 Å². The lowest BCUT2D eigenvalue weighted by Gasteiger charge is -2.13. The third kappa shape index (κ3) is 8.63. The normalized spacial score (nSPS) is 17.3. The van der Waals surface area contributed by atoms with Crippen molar-refractivity contribution < 1.29 is 14.2 Å². The average Bonchev–Trinajstić information content (AvgIpc) is 3.18. The summed E-state index contributed by atoms with van der Waals surface area (Å²) in [4.78, 5) is 4.58. The molecule has 0 bridgehead atoms. The minimum absolute atomic E-state index is 0.270. The van der Waals surface area contributed by atoms with Crippen LogP contribution in [0.3, 0.4) is 0 Å². The van der Waals surface area contributed by atoms with E-state index in [-0.39, 0.29) is 6.10 Å². The highest BCUT2D eigenvalue weighted by Gasteiger charge is 2.15. The van der Waals surface area contributed by atoms with E-state index in [4.69, 9.17) is 14.2 Å². The molecule has 0 aliphatic carbocycles. The molecule has 1 aliphatic heterocycles. The molecule has 6 heteroatoms. The van der Waals surface area contributed by atoms with Crippen LogP contribution in [-0.2, 0) is 9.47 Å². The third-order valence-corrected chi connectivity index (χ3v) is 4.37. The molecule has 1 atom stereocenters. The molecule has 152 valence electrons. The average molecular weight is 378 g/mol. The van der Waals surface area contributed by atoms with Crippen LogP contribution >= 0.6 is 0 Å². The van der Waals surface area contributed by atoms with Gasteiger partial charge in [-0.3, -0.25) is 4.99 Å². The lowest BCUT2D eigenvalue weighted by molar-refractivity contribution is 0.0424. The highest BCUT2D eigenvalue weighted by molar-refractivity contribution is 5.79. The summed E-state index contributed by atoms with van der Waals surface area (Å²) in [7, 11) is 0. The van der Waals surface area contributed by atoms with Crippen LogP contribution in [0.25, 0.3) is 0 Å². The lowest BCUT2D eigenvalue weighted by atomic mass is 10.0. The molecule has 1 fully saturated rings. The number of aliphatic imine (C=N–C) groups is 1. The zero-order valence-electron chi connectivity index (χ0n) is 17.0. The maximum Gasteiger partial charge on any atom is 0.191 e. The Balaban J connectivity index is 1.61. The van der Waals surface area contributed by atoms with Crippen LogP contribution in [0.1, 0.15) is 45.1 Å². The number of nitrogens with zero attached hydrogens (tertiary/aromatic N) is 1. The molecule has 1 aromatic rings. The van der Waals surface area contributed by atoms with E-state index >= 15 is 0 Å². The van der Waals surface area contributed by atoms with E-state index in [1.165, 1.54) is 5.56 Å². The van der Waals surface area contributed by atoms with Crippen LogP contribution in [0, 0.1) is 0 Å². The van der Waals surface area contributed by atoms with Gasteiger partial charge < -0.3 is 24.8 Å². The summed E-state index contributed by atoms with van der Waals surface area (Å²) in [5.74, 6) is 2.26. The van der Waals surface area contributed by atoms with Crippen molar-refractivity contribution in [3.63, 3.8) is 0 Å². The maximum absolute atomic E-state index is 5.79. The van der Waals surface area contributed by atoms with Crippen molar-refractivity contribution >= 4 is 5.96 Å². The predicted molar refractivity (Wildman–Crippen MR) is 110 cm³/mol. The van der Waals surface area contributed by atoms with Crippen LogP contribution in [0.4, 0.5) is 0 Å². The van der Waals surface area contributed by atoms with Crippen molar-refractivity contribution in [3.8, 4) is 5.75 Å². The van der Waals surface area contributed by atoms with Crippen molar-refractivity contribution in [1.82, 2.24) is 10.6 Å². The van der Waals surface area contributed by atoms with Crippen LogP contribution in [0.15, 0.2) is 29.3 Å². The quantitative estimate of drug-likeness (QED) is 0.353. The molecule has 6 nitrogen and oxygen atoms in total. The molecule has 0 amide bonds. The molecule has 1 aliphatic rings. The monoisotopic (exact) mass is 377 g/mol. The number of nitrogens with one attached hydrogen (secondary N) is 2. The van der Waals surface area contributed by atoms with Gasteiger partial charge in [0, 0.05) is 26.3 Å². The summed E-state index contributed by atoms with van der Waals surface area (Å²) in [6.07, 6.45) is 2.19. The summed E-state index contributed by atoms with van der Waals surface area (Å²) >= 11 is 0. The summed E-state index contributed by atoms with van der Waals surface area (Å²) < 4.78 is 16.9. The molecule has 1 aromatic carbocycles. The van der Waals surface area contributed by atoms with Gasteiger partial charge in [0.1, 0.15) is 12.4 Å². The second-order valence-corrected chi connectivity index (χ2v) is 6.97. The first-order valence-corrected chi connectivity index (χ1v) is 10.1. The fourth-order valence-electron chi connectivity index (χ4n) is 2.78. The summed E-state index contributed by atoms with van der Waals surface area (Å²) in [6.45, 7) is 11.6. The van der Waals surface area contributed by atoms with E-state index in [1.54, 1.807) is 0 Å². The zero-order valence-corrected chi connectivity index (χ0v) is 17.0. The van der Waals surface area contributed by atoms with Gasteiger partial charge in [-0.2, -0.15) is 0 Å². The predicted octanol–water partition coefficient (Wildman–Crippen LogP) is 2.94. The smallest absolute Gasteiger partial charge is 0.191 e. The first-order chi connectivity index (χ1) is 13.2. The van der Waals surface area contributed by atoms with E-state index < -0.39 is 0 Å². The van der Waals surface area contributed by atoms with Gasteiger partial charge in [-0.15, -0.1) is 0 Å². The molecule has 2 N–H and O–H groups in total. The molecule has 1 saturated heterocycles. The van der Waals surface area contributed by atoms with Crippen LogP contribution < -0.4 is 15.4 Å². The van der Waals surface area contributed by atoms with Gasteiger partial charge in [0.05, 0.1) is 19.3 Å². The van der Waals surface area contributed by atoms with Crippen LogP contribution in [0.2, 0.25) is 0 Å². The number of hydrogen-bond acceptors (Lipinski definition) is 4. The van der Waals surface area contributed by atoms with Crippen LogP contribution in [-0.4, -0.2) is 58.1 Å². The van der Waals surface area contributed by atoms with Gasteiger partial charge in [0.15, 0.2) is 5.96 Å². The van der Waals surface area contributed by atoms with Gasteiger partial charge in [-0.1, -0.05) is 26.0 Å². The number of hydrogen-bond donors (Lipinski definition) is 2. The molecule has 0 aromatic heterocycles. The zero-order chi connectivity index (χ0) is 19.3. The molecule has 27 heavy (non-hydrogen) atoms. The first kappa shape index (κ1) is 21.5. The first-order valence-electron chi connectivity index (χ1n) is 10.1. The highest BCUT2D eigenvalue weighted by Crippen LogP contribution is 2.18. The Kier molecular flexibility index (Phi) is 10.0. The maximum atomic E-state index is 5.79. The molecule has 0 saturated carbocycles. The fraction of sp³-hybridized carbons (Fsp3) is 0.667. The molecule has 2 rings (SSSR count). The van der Waals surface area contributed by atoms with E-state index in [2.05, 4.69) is 48.5 Å². The molecular formula is C21H35N3O3. The Morgan fingerprint density at radius 3 is 2.70 bits per heavy atom. The van der Waals surface area contributed by atoms with Gasteiger partial charge in [-0.05, 0) is 43.4 Å². The molecule has 0 spiro atoms. The van der Waals surface area contributed by atoms with E-state index in [9.17, 15) is 0 Å². The largest absolute Gasteiger partial charge is 0.492 e. The topological polar surface area (TPSA) is 64.1 Å². The number of ether oxygens (including phenoxy) is 3. The van der Waals surface area contributed by atoms with Crippen molar-refractivity contribution in [2.24, 2.45) is 4.99 Å². The molecular weight excluding hydrogens is 342 g/mol. The van der Waals surface area contributed by atoms with Crippen LogP contribution in [0.5, 0.6) is 5.75 Å². The number of benzene rings is 1. The number of guanidine groups is 1. The fourth-order valence-corrected chi connectivity index (χ4v) is 2.78. The van der Waals surface area contributed by atoms with E-state index in [0.717, 1.165) is 57.5 Å². The van der Waals surface area contributed by atoms with Gasteiger partial charge >= 0.3 is 0 Å². The minimum Gasteiger partial charge on any atom is -0.492 e. The van der Waals surface area contributed by atoms with E-state index in [0.29, 0.717) is 19.1 Å². The van der Waals surface area contributed by atoms with E-state index in [1.807, 2.05) is 12.1 Å². The van der Waals surface area contributed by atoms with Crippen molar-refractivity contribution in [2.45, 2.75) is 45.6 Å². The highest BCUT2D eigenvalue weighted by atomic mass is 16.5. The van der Waals surface area contributed by atoms with Crippen molar-refractivity contribution in [1.29, 1.82) is 0 Å². The summed E-state index contributed by atoms with van der Waals surface area (Å²) in [5.41, 5.74) is 1.33. The Hall–Kier alpha value is -1.79. The second kappa shape index (κ2) is 12.6. The lowest BCUT2D eigenvalue weighted by Crippen LogP contribution is -2.39. The Morgan fingerprint density at radius 2 is 2.04 bits per heavy atom. The van der Waals surface area contributed by atoms with Crippen molar-refractivity contribution in [3.05, 3.63) is 29.8 Å². The molecule has 1 heterocycles. The third-order valence-electron chi connectivity index (χ3n) is 4.37. The Bertz CT molecular complexity index is 540. The SMILES string of the molecule is CCNC(=NCCCOC1CCOC1)NCCOc1ccc(C(C)C)cc1. The molecule has 0 radical (unpaired) electrons. The Morgan fingerprint density at radius 1 is 1.22 bits per heavy atom. The minimum atomic E-state index is 0.270. The summed E-state index contributed by atoms with van der Waals surface area (Å²) in [5, 5.41) is 6.56. The molecule has 1 unspecified atom stereocenters. The second-order valence-electron chi connectivity index (χ2n) is 6.97. The van der Waals surface area contributed by atoms with Gasteiger partial charge in [0.2, 0.25) is 0 Å². The number of rotatable bonds is 11. The summed E-state index contributed by atoms with van der Waals surface area (Å²) in [6, 6.07) is 8.31. The standard InChI is InChI=1S/C21H35N3O3/c1-4-22-21(23-11-5-13-26-20-10-14-25-16-20)24-12-15-27-19-8-6-18(7-9-19)17(2)3/h6-9,17,20H,4-5,10-16H2,1-3H3,(H2,22,23,24). The Labute approximate surface area is 163 Å².